The number of fused-ring (bicyclic) bond motifs is 1. The van der Waals surface area contributed by atoms with Crippen molar-refractivity contribution in [2.24, 2.45) is 0 Å². The van der Waals surface area contributed by atoms with Gasteiger partial charge in [-0.05, 0) is 49.7 Å². The molecule has 2 unspecified atom stereocenters. The Morgan fingerprint density at radius 3 is 2.43 bits per heavy atom. The Labute approximate surface area is 271 Å². The summed E-state index contributed by atoms with van der Waals surface area (Å²) in [7, 11) is 5.66. The first kappa shape index (κ1) is 33.9. The minimum Gasteiger partial charge on any atom is -0.587 e. The van der Waals surface area contributed by atoms with Gasteiger partial charge in [-0.2, -0.15) is 5.26 Å². The van der Waals surface area contributed by atoms with Crippen LogP contribution in [0.5, 0.6) is 17.2 Å². The van der Waals surface area contributed by atoms with Crippen LogP contribution in [0.3, 0.4) is 0 Å². The van der Waals surface area contributed by atoms with Crippen molar-refractivity contribution in [1.29, 1.82) is 5.26 Å². The number of halogens is 3. The van der Waals surface area contributed by atoms with E-state index in [2.05, 4.69) is 4.74 Å². The number of anilines is 1. The molecule has 47 heavy (non-hydrogen) atoms. The zero-order valence-electron chi connectivity index (χ0n) is 26.0. The van der Waals surface area contributed by atoms with E-state index >= 15 is 4.79 Å². The lowest BCUT2D eigenvalue weighted by Gasteiger charge is -2.41. The fourth-order valence-electron chi connectivity index (χ4n) is 6.18. The van der Waals surface area contributed by atoms with Crippen LogP contribution < -0.4 is 18.5 Å². The number of β-amino-alcohol motifs (C(OH)–C–C–N with tert-alkyl or cyclic N) is 1. The Hall–Kier alpha value is -4.49. The standard InChI is InChI=1S/C32H31F3N4O7S/c1-18-6-10-26(45-5)23(12-18)31(38-17-20(40)14-25(38)29(41)37(2)3)22-13-19(16-36)7-9-24(22)39(30(31)42)47(43)28-11-8-21(44-4)15-27(28)46-32(33,34)35/h6-13,15,20,25,40H,14,17H2,1-5H3/t20-,25+,31?,47?/m1/s1. The van der Waals surface area contributed by atoms with Gasteiger partial charge in [0.1, 0.15) is 28.5 Å². The summed E-state index contributed by atoms with van der Waals surface area (Å²) in [5.74, 6) is -2.03. The second kappa shape index (κ2) is 12.6. The van der Waals surface area contributed by atoms with Gasteiger partial charge in [0.2, 0.25) is 10.8 Å². The lowest BCUT2D eigenvalue weighted by atomic mass is 9.79. The van der Waals surface area contributed by atoms with E-state index in [4.69, 9.17) is 9.47 Å². The van der Waals surface area contributed by atoms with Crippen molar-refractivity contribution in [1.82, 2.24) is 9.80 Å². The molecule has 2 heterocycles. The van der Waals surface area contributed by atoms with E-state index in [-0.39, 0.29) is 46.8 Å². The maximum Gasteiger partial charge on any atom is 0.573 e. The first-order valence-corrected chi connectivity index (χ1v) is 15.3. The van der Waals surface area contributed by atoms with Crippen molar-refractivity contribution >= 4 is 28.9 Å². The van der Waals surface area contributed by atoms with Crippen LogP contribution in [0.25, 0.3) is 0 Å². The molecule has 3 aromatic carbocycles. The summed E-state index contributed by atoms with van der Waals surface area (Å²) < 4.78 is 70.9. The van der Waals surface area contributed by atoms with Gasteiger partial charge in [0.25, 0.3) is 5.91 Å². The van der Waals surface area contributed by atoms with Crippen LogP contribution >= 0.6 is 0 Å². The summed E-state index contributed by atoms with van der Waals surface area (Å²) in [6.45, 7) is 1.56. The number of aryl methyl sites for hydroxylation is 1. The van der Waals surface area contributed by atoms with Gasteiger partial charge in [-0.25, -0.2) is 0 Å². The zero-order valence-corrected chi connectivity index (χ0v) is 26.8. The van der Waals surface area contributed by atoms with Crippen LogP contribution in [-0.4, -0.2) is 84.6 Å². The molecule has 1 saturated heterocycles. The molecule has 1 N–H and O–H groups in total. The van der Waals surface area contributed by atoms with Crippen LogP contribution in [0.4, 0.5) is 18.9 Å². The lowest BCUT2D eigenvalue weighted by Crippen LogP contribution is -2.59. The van der Waals surface area contributed by atoms with Crippen LogP contribution in [-0.2, 0) is 26.5 Å². The summed E-state index contributed by atoms with van der Waals surface area (Å²) in [5.41, 5.74) is -0.912. The van der Waals surface area contributed by atoms with Crippen molar-refractivity contribution in [2.75, 3.05) is 39.2 Å². The summed E-state index contributed by atoms with van der Waals surface area (Å²) >= 11 is -2.69. The third-order valence-corrected chi connectivity index (χ3v) is 9.55. The van der Waals surface area contributed by atoms with Gasteiger partial charge >= 0.3 is 6.36 Å². The van der Waals surface area contributed by atoms with Gasteiger partial charge in [-0.15, -0.1) is 17.5 Å². The number of nitrogens with zero attached hydrogens (tertiary/aromatic N) is 4. The quantitative estimate of drug-likeness (QED) is 0.356. The summed E-state index contributed by atoms with van der Waals surface area (Å²) in [5, 5.41) is 20.9. The molecule has 2 aliphatic heterocycles. The molecule has 0 aromatic heterocycles. The third-order valence-electron chi connectivity index (χ3n) is 8.14. The molecule has 1 fully saturated rings. The van der Waals surface area contributed by atoms with Crippen LogP contribution in [0.15, 0.2) is 59.5 Å². The number of nitriles is 1. The van der Waals surface area contributed by atoms with Gasteiger partial charge in [0, 0.05) is 43.9 Å². The second-order valence-electron chi connectivity index (χ2n) is 11.3. The average Bonchev–Trinajstić information content (AvgIpc) is 3.53. The van der Waals surface area contributed by atoms with Crippen LogP contribution in [0.2, 0.25) is 0 Å². The smallest absolute Gasteiger partial charge is 0.573 e. The van der Waals surface area contributed by atoms with Crippen molar-refractivity contribution in [3.05, 3.63) is 76.9 Å². The number of aliphatic hydroxyl groups is 1. The number of carbonyl (C=O) groups excluding carboxylic acids is 2. The highest BCUT2D eigenvalue weighted by atomic mass is 32.2. The normalized spacial score (nSPS) is 21.6. The first-order chi connectivity index (χ1) is 22.2. The molecule has 0 spiro atoms. The molecule has 248 valence electrons. The van der Waals surface area contributed by atoms with Crippen molar-refractivity contribution < 1.29 is 46.6 Å². The topological polar surface area (TPSA) is 139 Å². The van der Waals surface area contributed by atoms with Crippen molar-refractivity contribution in [3.8, 4) is 23.3 Å². The van der Waals surface area contributed by atoms with Crippen LogP contribution in [0, 0.1) is 18.3 Å². The Morgan fingerprint density at radius 1 is 1.09 bits per heavy atom. The fraction of sp³-hybridized carbons (Fsp3) is 0.344. The second-order valence-corrected chi connectivity index (χ2v) is 12.6. The van der Waals surface area contributed by atoms with E-state index in [1.807, 2.05) is 6.07 Å². The first-order valence-electron chi connectivity index (χ1n) is 14.2. The number of benzene rings is 3. The van der Waals surface area contributed by atoms with Gasteiger partial charge in [-0.3, -0.25) is 14.5 Å². The molecule has 4 atom stereocenters. The summed E-state index contributed by atoms with van der Waals surface area (Å²) in [6.07, 6.45) is -6.30. The van der Waals surface area contributed by atoms with Gasteiger partial charge < -0.3 is 28.8 Å². The number of hydrogen-bond acceptors (Lipinski definition) is 9. The molecule has 3 aromatic rings. The molecule has 2 amide bonds. The lowest BCUT2D eigenvalue weighted by molar-refractivity contribution is -0.275. The van der Waals surface area contributed by atoms with E-state index in [0.29, 0.717) is 5.56 Å². The largest absolute Gasteiger partial charge is 0.587 e. The number of likely N-dealkylation sites (N-methyl/N-ethyl adjacent to an activating group) is 1. The highest BCUT2D eigenvalue weighted by molar-refractivity contribution is 7.93. The van der Waals surface area contributed by atoms with Crippen molar-refractivity contribution in [3.63, 3.8) is 0 Å². The van der Waals surface area contributed by atoms with E-state index in [1.54, 1.807) is 25.1 Å². The van der Waals surface area contributed by atoms with Gasteiger partial charge in [0.05, 0.1) is 38.0 Å². The summed E-state index contributed by atoms with van der Waals surface area (Å²) in [4.78, 5) is 31.2. The van der Waals surface area contributed by atoms with Gasteiger partial charge in [0.15, 0.2) is 11.3 Å². The zero-order chi connectivity index (χ0) is 34.4. The SMILES string of the molecule is COc1ccc([S+]([O-])N2C(=O)C(c3cc(C)ccc3OC)(N3C[C@H](O)C[C@H]3C(=O)N(C)C)c3cc(C#N)ccc32)c(OC(F)(F)F)c1. The number of methoxy groups -OCH3 is 2. The Morgan fingerprint density at radius 2 is 1.81 bits per heavy atom. The number of hydrogen-bond donors (Lipinski definition) is 1. The molecule has 0 aliphatic carbocycles. The number of alkyl halides is 3. The number of likely N-dealkylation sites (tertiary alicyclic amines) is 1. The number of carbonyl (C=O) groups is 2. The summed E-state index contributed by atoms with van der Waals surface area (Å²) in [6, 6.07) is 13.4. The molecule has 0 bridgehead atoms. The van der Waals surface area contributed by atoms with E-state index in [1.165, 1.54) is 62.4 Å². The molecule has 2 aliphatic rings. The fourth-order valence-corrected chi connectivity index (χ4v) is 7.46. The molecule has 5 rings (SSSR count). The monoisotopic (exact) mass is 672 g/mol. The van der Waals surface area contributed by atoms with Gasteiger partial charge in [-0.1, -0.05) is 11.6 Å². The van der Waals surface area contributed by atoms with E-state index in [9.17, 15) is 32.9 Å². The van der Waals surface area contributed by atoms with Crippen molar-refractivity contribution in [2.45, 2.75) is 42.3 Å². The minimum absolute atomic E-state index is 0.00195. The van der Waals surface area contributed by atoms with Crippen LogP contribution in [0.1, 0.15) is 28.7 Å². The predicted molar refractivity (Wildman–Crippen MR) is 163 cm³/mol. The number of amides is 2. The maximum atomic E-state index is 15.3. The molecular weight excluding hydrogens is 641 g/mol. The Bertz CT molecular complexity index is 1770. The highest BCUT2D eigenvalue weighted by Crippen LogP contribution is 2.55. The highest BCUT2D eigenvalue weighted by Gasteiger charge is 2.65. The predicted octanol–water partition coefficient (Wildman–Crippen LogP) is 3.62. The molecule has 0 saturated carbocycles. The number of rotatable bonds is 8. The number of ether oxygens (including phenoxy) is 3. The third kappa shape index (κ3) is 5.82. The maximum absolute atomic E-state index is 15.3. The minimum atomic E-state index is -5.18. The van der Waals surface area contributed by atoms with E-state index < -0.39 is 57.9 Å². The Kier molecular flexibility index (Phi) is 9.08. The molecular formula is C32H31F3N4O7S. The Balaban J connectivity index is 1.85. The molecule has 15 heteroatoms. The average molecular weight is 673 g/mol. The number of aliphatic hydroxyl groups excluding tert-OH is 1. The molecule has 11 nitrogen and oxygen atoms in total. The van der Waals surface area contributed by atoms with E-state index in [0.717, 1.165) is 16.4 Å². The molecule has 0 radical (unpaired) electrons.